The van der Waals surface area contributed by atoms with Crippen LogP contribution in [0.2, 0.25) is 0 Å². The zero-order valence-electron chi connectivity index (χ0n) is 20.4. The summed E-state index contributed by atoms with van der Waals surface area (Å²) in [5.41, 5.74) is 0.400. The molecule has 1 aliphatic rings. The lowest BCUT2D eigenvalue weighted by atomic mass is 9.93. The van der Waals surface area contributed by atoms with Crippen molar-refractivity contribution in [3.8, 4) is 0 Å². The van der Waals surface area contributed by atoms with Crippen LogP contribution < -0.4 is 5.63 Å². The monoisotopic (exact) mass is 510 g/mol. The summed E-state index contributed by atoms with van der Waals surface area (Å²) in [6, 6.07) is 17.5. The fourth-order valence-electron chi connectivity index (χ4n) is 4.19. The number of fused-ring (bicyclic) bond motifs is 1. The van der Waals surface area contributed by atoms with E-state index in [1.165, 1.54) is 13.8 Å². The van der Waals surface area contributed by atoms with Crippen molar-refractivity contribution in [2.45, 2.75) is 58.1 Å². The van der Waals surface area contributed by atoms with Gasteiger partial charge in [0.2, 0.25) is 6.29 Å². The van der Waals surface area contributed by atoms with E-state index in [0.29, 0.717) is 11.0 Å². The Balaban J connectivity index is 1.81. The Labute approximate surface area is 212 Å². The molecular formula is C27H26O10. The van der Waals surface area contributed by atoms with Crippen molar-refractivity contribution in [2.75, 3.05) is 0 Å². The molecule has 4 rings (SSSR count). The molecule has 10 nitrogen and oxygen atoms in total. The lowest BCUT2D eigenvalue weighted by molar-refractivity contribution is -0.304. The van der Waals surface area contributed by atoms with Crippen molar-refractivity contribution in [1.82, 2.24) is 0 Å². The molecule has 0 spiro atoms. The molecule has 2 aromatic carbocycles. The van der Waals surface area contributed by atoms with Crippen LogP contribution in [0.5, 0.6) is 0 Å². The fraction of sp³-hybridized carbons (Fsp3) is 0.333. The third-order valence-corrected chi connectivity index (χ3v) is 5.64. The van der Waals surface area contributed by atoms with E-state index in [9.17, 15) is 19.2 Å². The van der Waals surface area contributed by atoms with E-state index >= 15 is 0 Å². The van der Waals surface area contributed by atoms with Crippen molar-refractivity contribution in [2.24, 2.45) is 0 Å². The molecule has 0 unspecified atom stereocenters. The van der Waals surface area contributed by atoms with E-state index in [1.54, 1.807) is 30.3 Å². The molecule has 0 radical (unpaired) electrons. The quantitative estimate of drug-likeness (QED) is 0.266. The largest absolute Gasteiger partial charge is 0.456 e. The minimum atomic E-state index is -1.47. The number of ether oxygens (including phenoxy) is 5. The second-order valence-corrected chi connectivity index (χ2v) is 8.47. The molecule has 2 heterocycles. The van der Waals surface area contributed by atoms with Gasteiger partial charge in [0.1, 0.15) is 17.8 Å². The van der Waals surface area contributed by atoms with Gasteiger partial charge < -0.3 is 28.1 Å². The van der Waals surface area contributed by atoms with Gasteiger partial charge in [-0.1, -0.05) is 48.5 Å². The van der Waals surface area contributed by atoms with E-state index in [1.807, 2.05) is 30.3 Å². The van der Waals surface area contributed by atoms with Crippen LogP contribution in [0.15, 0.2) is 69.9 Å². The van der Waals surface area contributed by atoms with Gasteiger partial charge in [-0.3, -0.25) is 14.4 Å². The van der Waals surface area contributed by atoms with Crippen LogP contribution in [0.3, 0.4) is 0 Å². The summed E-state index contributed by atoms with van der Waals surface area (Å²) in [4.78, 5) is 49.1. The first kappa shape index (κ1) is 26.1. The third kappa shape index (κ3) is 6.22. The molecule has 5 atom stereocenters. The summed E-state index contributed by atoms with van der Waals surface area (Å²) in [5.74, 6) is -2.12. The smallest absolute Gasteiger partial charge is 0.342 e. The molecular weight excluding hydrogens is 484 g/mol. The predicted octanol–water partition coefficient (Wildman–Crippen LogP) is 3.20. The maximum atomic E-state index is 13.0. The Morgan fingerprint density at radius 1 is 0.784 bits per heavy atom. The molecule has 1 fully saturated rings. The second-order valence-electron chi connectivity index (χ2n) is 8.47. The Morgan fingerprint density at radius 2 is 1.41 bits per heavy atom. The first-order chi connectivity index (χ1) is 17.7. The summed E-state index contributed by atoms with van der Waals surface area (Å²) in [6.07, 6.45) is -6.49. The summed E-state index contributed by atoms with van der Waals surface area (Å²) in [5, 5.41) is 0.593. The predicted molar refractivity (Wildman–Crippen MR) is 128 cm³/mol. The lowest BCUT2D eigenvalue weighted by Crippen LogP contribution is -2.59. The zero-order chi connectivity index (χ0) is 26.5. The summed E-state index contributed by atoms with van der Waals surface area (Å²) >= 11 is 0. The third-order valence-electron chi connectivity index (χ3n) is 5.64. The normalized spacial score (nSPS) is 23.3. The van der Waals surface area contributed by atoms with E-state index < -0.39 is 54.2 Å². The molecule has 10 heteroatoms. The van der Waals surface area contributed by atoms with Crippen LogP contribution in [0.25, 0.3) is 11.0 Å². The zero-order valence-corrected chi connectivity index (χ0v) is 20.4. The Morgan fingerprint density at radius 3 is 2.08 bits per heavy atom. The van der Waals surface area contributed by atoms with Crippen molar-refractivity contribution in [3.63, 3.8) is 0 Å². The Bertz CT molecular complexity index is 1330. The topological polar surface area (TPSA) is 128 Å². The van der Waals surface area contributed by atoms with Crippen LogP contribution in [-0.4, -0.2) is 42.5 Å². The molecule has 3 aromatic rings. The highest BCUT2D eigenvalue weighted by Crippen LogP contribution is 2.38. The second kappa shape index (κ2) is 11.4. The van der Waals surface area contributed by atoms with Crippen molar-refractivity contribution < 1.29 is 42.5 Å². The highest BCUT2D eigenvalue weighted by molar-refractivity contribution is 5.77. The van der Waals surface area contributed by atoms with Gasteiger partial charge in [-0.25, -0.2) is 4.79 Å². The lowest BCUT2D eigenvalue weighted by Gasteiger charge is -2.44. The molecule has 1 saturated heterocycles. The minimum Gasteiger partial charge on any atom is -0.456 e. The summed E-state index contributed by atoms with van der Waals surface area (Å²) in [7, 11) is 0. The highest BCUT2D eigenvalue weighted by atomic mass is 16.7. The molecule has 0 N–H and O–H groups in total. The number of hydrogen-bond donors (Lipinski definition) is 0. The molecule has 0 saturated carbocycles. The molecule has 1 aliphatic heterocycles. The van der Waals surface area contributed by atoms with Crippen molar-refractivity contribution >= 4 is 28.9 Å². The summed E-state index contributed by atoms with van der Waals surface area (Å²) < 4.78 is 33.9. The van der Waals surface area contributed by atoms with Gasteiger partial charge in [0.25, 0.3) is 0 Å². The number of carbonyl (C=O) groups is 3. The van der Waals surface area contributed by atoms with Crippen LogP contribution in [0, 0.1) is 0 Å². The standard InChI is InChI=1S/C27H26O10/c1-15(28)33-24-22(20-13-19-11-7-8-12-21(19)36-26(20)31)37-27(35-17(3)30)25(34-16(2)29)23(24)32-14-18-9-5-4-6-10-18/h4-13,22-25,27H,14H2,1-3H3/t22-,23+,24-,25-,27+/m1/s1. The van der Waals surface area contributed by atoms with Gasteiger partial charge in [-0.15, -0.1) is 0 Å². The van der Waals surface area contributed by atoms with Crippen LogP contribution >= 0.6 is 0 Å². The van der Waals surface area contributed by atoms with Crippen molar-refractivity contribution in [1.29, 1.82) is 0 Å². The molecule has 0 aliphatic carbocycles. The van der Waals surface area contributed by atoms with E-state index in [-0.39, 0.29) is 12.2 Å². The fourth-order valence-corrected chi connectivity index (χ4v) is 4.19. The molecule has 1 aromatic heterocycles. The van der Waals surface area contributed by atoms with Gasteiger partial charge in [-0.2, -0.15) is 0 Å². The number of hydrogen-bond acceptors (Lipinski definition) is 10. The molecule has 194 valence electrons. The van der Waals surface area contributed by atoms with Gasteiger partial charge in [0, 0.05) is 26.2 Å². The number of esters is 3. The van der Waals surface area contributed by atoms with E-state index in [4.69, 9.17) is 28.1 Å². The summed E-state index contributed by atoms with van der Waals surface area (Å²) in [6.45, 7) is 3.55. The van der Waals surface area contributed by atoms with E-state index in [2.05, 4.69) is 0 Å². The van der Waals surface area contributed by atoms with Gasteiger partial charge in [0.15, 0.2) is 12.2 Å². The van der Waals surface area contributed by atoms with Gasteiger partial charge >= 0.3 is 23.5 Å². The van der Waals surface area contributed by atoms with Crippen LogP contribution in [0.1, 0.15) is 38.0 Å². The first-order valence-corrected chi connectivity index (χ1v) is 11.6. The van der Waals surface area contributed by atoms with Gasteiger partial charge in [0.05, 0.1) is 12.2 Å². The average molecular weight is 510 g/mol. The van der Waals surface area contributed by atoms with Crippen LogP contribution in [0.4, 0.5) is 0 Å². The highest BCUT2D eigenvalue weighted by Gasteiger charge is 2.53. The number of para-hydroxylation sites is 1. The van der Waals surface area contributed by atoms with Gasteiger partial charge in [-0.05, 0) is 17.7 Å². The molecule has 0 bridgehead atoms. The average Bonchev–Trinajstić information content (AvgIpc) is 2.84. The SMILES string of the molecule is CC(=O)O[C@H]1O[C@H](c2cc3ccccc3oc2=O)[C@@H](OC(C)=O)[C@H](OCc2ccccc2)[C@H]1OC(C)=O. The van der Waals surface area contributed by atoms with Crippen molar-refractivity contribution in [3.05, 3.63) is 82.2 Å². The van der Waals surface area contributed by atoms with E-state index in [0.717, 1.165) is 12.5 Å². The molecule has 37 heavy (non-hydrogen) atoms. The Hall–Kier alpha value is -4.02. The maximum absolute atomic E-state index is 13.0. The Kier molecular flexibility index (Phi) is 8.00. The van der Waals surface area contributed by atoms with Crippen LogP contribution in [-0.2, 0) is 44.7 Å². The number of benzene rings is 2. The minimum absolute atomic E-state index is 0.0108. The first-order valence-electron chi connectivity index (χ1n) is 11.6. The number of rotatable bonds is 7. The maximum Gasteiger partial charge on any atom is 0.342 e. The number of carbonyl (C=O) groups excluding carboxylic acids is 3. The molecule has 0 amide bonds.